The molecule has 15 rings (SSSR count). The lowest BCUT2D eigenvalue weighted by Crippen LogP contribution is -2.57. The molecule has 4 saturated carbocycles. The first kappa shape index (κ1) is 37.6. The van der Waals surface area contributed by atoms with E-state index in [1.54, 1.807) is 11.1 Å². The van der Waals surface area contributed by atoms with Crippen LogP contribution in [0.2, 0.25) is 0 Å². The van der Waals surface area contributed by atoms with Gasteiger partial charge in [0.25, 0.3) is 0 Å². The lowest BCUT2D eigenvalue weighted by atomic mass is 9.42. The normalized spacial score (nSPS) is 20.1. The molecule has 3 heteroatoms. The van der Waals surface area contributed by atoms with Crippen molar-refractivity contribution in [2.45, 2.75) is 47.3 Å². The SMILES string of the molecule is c1ccc(N(c2ccc3ccccc3c2)c2ccc3cc4c(cc3c2)C2(c3cc5cc(N(c6ccccc6)c6ccc7ccccc7c6)ccc5cc3S4)C3CC4CC(C3)CC2C4)cc1. The second-order valence-corrected chi connectivity index (χ2v) is 20.5. The Balaban J connectivity index is 0.940. The molecule has 4 aliphatic carbocycles. The fraction of sp³-hybridized carbons (Fsp3) is 0.161. The number of hydrogen-bond acceptors (Lipinski definition) is 3. The van der Waals surface area contributed by atoms with Crippen molar-refractivity contribution in [2.75, 3.05) is 9.80 Å². The maximum atomic E-state index is 2.66. The molecule has 0 amide bonds. The fourth-order valence-electron chi connectivity index (χ4n) is 13.4. The van der Waals surface area contributed by atoms with E-state index < -0.39 is 0 Å². The molecule has 65 heavy (non-hydrogen) atoms. The topological polar surface area (TPSA) is 6.48 Å². The van der Waals surface area contributed by atoms with Crippen LogP contribution >= 0.6 is 11.8 Å². The van der Waals surface area contributed by atoms with Gasteiger partial charge in [-0.1, -0.05) is 121 Å². The Morgan fingerprint density at radius 3 is 1.09 bits per heavy atom. The van der Waals surface area contributed by atoms with Crippen molar-refractivity contribution in [2.24, 2.45) is 23.7 Å². The number of benzene rings is 10. The largest absolute Gasteiger partial charge is 0.310 e. The van der Waals surface area contributed by atoms with Gasteiger partial charge >= 0.3 is 0 Å². The molecule has 4 bridgehead atoms. The molecule has 4 fully saturated rings. The van der Waals surface area contributed by atoms with E-state index in [0.29, 0.717) is 11.8 Å². The molecule has 0 atom stereocenters. The zero-order chi connectivity index (χ0) is 42.6. The number of para-hydroxylation sites is 2. The highest BCUT2D eigenvalue weighted by molar-refractivity contribution is 7.99. The number of hydrogen-bond donors (Lipinski definition) is 0. The Kier molecular flexibility index (Phi) is 8.44. The van der Waals surface area contributed by atoms with Crippen LogP contribution in [0.25, 0.3) is 43.1 Å². The van der Waals surface area contributed by atoms with Crippen LogP contribution in [0.4, 0.5) is 34.1 Å². The van der Waals surface area contributed by atoms with Crippen molar-refractivity contribution in [3.63, 3.8) is 0 Å². The molecule has 0 N–H and O–H groups in total. The summed E-state index contributed by atoms with van der Waals surface area (Å²) >= 11 is 2.02. The third-order valence-corrected chi connectivity index (χ3v) is 17.0. The van der Waals surface area contributed by atoms with Crippen LogP contribution in [0.15, 0.2) is 216 Å². The zero-order valence-corrected chi connectivity index (χ0v) is 37.1. The van der Waals surface area contributed by atoms with E-state index in [1.807, 2.05) is 11.8 Å². The van der Waals surface area contributed by atoms with Crippen LogP contribution in [0.1, 0.15) is 43.2 Å². The highest BCUT2D eigenvalue weighted by atomic mass is 32.2. The quantitative estimate of drug-likeness (QED) is 0.165. The first-order valence-electron chi connectivity index (χ1n) is 23.6. The van der Waals surface area contributed by atoms with Crippen molar-refractivity contribution >= 4 is 89.0 Å². The Hall–Kier alpha value is -6.81. The van der Waals surface area contributed by atoms with Crippen molar-refractivity contribution in [1.29, 1.82) is 0 Å². The van der Waals surface area contributed by atoms with Crippen LogP contribution in [-0.2, 0) is 5.41 Å². The van der Waals surface area contributed by atoms with E-state index >= 15 is 0 Å². The third-order valence-electron chi connectivity index (χ3n) is 15.9. The summed E-state index contributed by atoms with van der Waals surface area (Å²) in [5.41, 5.74) is 10.2. The van der Waals surface area contributed by atoms with Gasteiger partial charge in [-0.3, -0.25) is 0 Å². The van der Waals surface area contributed by atoms with Gasteiger partial charge in [0.2, 0.25) is 0 Å². The molecule has 0 aromatic heterocycles. The number of nitrogens with zero attached hydrogens (tertiary/aromatic N) is 2. The van der Waals surface area contributed by atoms with Crippen LogP contribution in [0.5, 0.6) is 0 Å². The van der Waals surface area contributed by atoms with Crippen molar-refractivity contribution in [1.82, 2.24) is 0 Å². The maximum absolute atomic E-state index is 2.66. The summed E-state index contributed by atoms with van der Waals surface area (Å²) in [7, 11) is 0. The van der Waals surface area contributed by atoms with Gasteiger partial charge in [0.15, 0.2) is 0 Å². The Labute approximate surface area is 385 Å². The van der Waals surface area contributed by atoms with E-state index in [-0.39, 0.29) is 5.41 Å². The Morgan fingerprint density at radius 2 is 0.662 bits per heavy atom. The number of fused-ring (bicyclic) bond motifs is 6. The van der Waals surface area contributed by atoms with Crippen molar-refractivity contribution in [3.05, 3.63) is 217 Å². The van der Waals surface area contributed by atoms with E-state index in [2.05, 4.69) is 216 Å². The molecule has 2 nitrogen and oxygen atoms in total. The molecule has 0 unspecified atom stereocenters. The Morgan fingerprint density at radius 1 is 0.308 bits per heavy atom. The minimum Gasteiger partial charge on any atom is -0.310 e. The van der Waals surface area contributed by atoms with Gasteiger partial charge in [0, 0.05) is 49.3 Å². The van der Waals surface area contributed by atoms with E-state index in [0.717, 1.165) is 11.8 Å². The van der Waals surface area contributed by atoms with Crippen molar-refractivity contribution in [3.8, 4) is 0 Å². The molecule has 1 heterocycles. The monoisotopic (exact) mass is 852 g/mol. The third kappa shape index (κ3) is 5.94. The van der Waals surface area contributed by atoms with Gasteiger partial charge in [0.05, 0.1) is 0 Å². The van der Waals surface area contributed by atoms with Crippen LogP contribution in [0.3, 0.4) is 0 Å². The average Bonchev–Trinajstić information content (AvgIpc) is 3.35. The minimum atomic E-state index is -0.00729. The summed E-state index contributed by atoms with van der Waals surface area (Å²) in [4.78, 5) is 7.80. The smallest absolute Gasteiger partial charge is 0.0468 e. The first-order valence-corrected chi connectivity index (χ1v) is 24.5. The predicted molar refractivity (Wildman–Crippen MR) is 274 cm³/mol. The molecular weight excluding hydrogens is 805 g/mol. The Bertz CT molecular complexity index is 3260. The number of rotatable bonds is 6. The van der Waals surface area contributed by atoms with Crippen LogP contribution < -0.4 is 9.80 Å². The molecule has 0 radical (unpaired) electrons. The minimum absolute atomic E-state index is 0.00729. The highest BCUT2D eigenvalue weighted by Crippen LogP contribution is 2.69. The van der Waals surface area contributed by atoms with Gasteiger partial charge in [-0.2, -0.15) is 0 Å². The summed E-state index contributed by atoms with van der Waals surface area (Å²) in [6.07, 6.45) is 6.83. The molecule has 10 aromatic carbocycles. The van der Waals surface area contributed by atoms with Gasteiger partial charge < -0.3 is 9.80 Å². The lowest BCUT2D eigenvalue weighted by molar-refractivity contribution is -0.0442. The molecule has 1 spiro atoms. The van der Waals surface area contributed by atoms with E-state index in [9.17, 15) is 0 Å². The zero-order valence-electron chi connectivity index (χ0n) is 36.3. The van der Waals surface area contributed by atoms with Gasteiger partial charge in [-0.15, -0.1) is 0 Å². The summed E-state index contributed by atoms with van der Waals surface area (Å²) < 4.78 is 0. The van der Waals surface area contributed by atoms with Gasteiger partial charge in [-0.25, -0.2) is 0 Å². The second kappa shape index (κ2) is 14.6. The van der Waals surface area contributed by atoms with E-state index in [1.165, 1.54) is 119 Å². The highest BCUT2D eigenvalue weighted by Gasteiger charge is 2.60. The summed E-state index contributed by atoms with van der Waals surface area (Å²) in [6, 6.07) is 77.7. The van der Waals surface area contributed by atoms with Gasteiger partial charge in [-0.05, 0) is 207 Å². The van der Waals surface area contributed by atoms with E-state index in [4.69, 9.17) is 0 Å². The fourth-order valence-corrected chi connectivity index (χ4v) is 14.7. The summed E-state index contributed by atoms with van der Waals surface area (Å²) in [6.45, 7) is 0. The molecular formula is C62H48N2S. The first-order chi connectivity index (χ1) is 32.1. The summed E-state index contributed by atoms with van der Waals surface area (Å²) in [5.74, 6) is 3.03. The standard InChI is InChI=1S/C62H48N2S/c1-3-15-52(16-4-1)63(54-23-19-42-11-7-9-13-44(42)32-54)56-25-21-46-38-60-58(36-48(46)34-56)62(50-28-40-27-41(30-50)31-51(62)29-40)59-37-49-35-57(26-22-47(49)39-61(59)65-60)64(53-17-5-2-6-18-53)55-24-20-43-12-8-10-14-45(43)33-55/h1-26,32-41,50-51H,27-31H2. The molecule has 1 aliphatic heterocycles. The molecule has 10 aromatic rings. The second-order valence-electron chi connectivity index (χ2n) is 19.4. The predicted octanol–water partition coefficient (Wildman–Crippen LogP) is 17.4. The van der Waals surface area contributed by atoms with Crippen LogP contribution in [0, 0.1) is 23.7 Å². The maximum Gasteiger partial charge on any atom is 0.0468 e. The summed E-state index contributed by atoms with van der Waals surface area (Å²) in [5, 5.41) is 10.3. The van der Waals surface area contributed by atoms with Crippen LogP contribution in [-0.4, -0.2) is 0 Å². The average molecular weight is 853 g/mol. The lowest BCUT2D eigenvalue weighted by Gasteiger charge is -2.63. The van der Waals surface area contributed by atoms with Gasteiger partial charge in [0.1, 0.15) is 0 Å². The number of anilines is 6. The van der Waals surface area contributed by atoms with Crippen molar-refractivity contribution < 1.29 is 0 Å². The molecule has 0 saturated heterocycles. The molecule has 5 aliphatic rings. The molecule has 312 valence electrons.